The summed E-state index contributed by atoms with van der Waals surface area (Å²) in [7, 11) is -2.81. The van der Waals surface area contributed by atoms with Crippen LogP contribution >= 0.6 is 0 Å². The minimum Gasteiger partial charge on any atom is -0.342 e. The molecule has 1 amide bonds. The van der Waals surface area contributed by atoms with Crippen molar-refractivity contribution in [3.05, 3.63) is 0 Å². The molecule has 0 atom stereocenters. The average Bonchev–Trinajstić information content (AvgIpc) is 2.66. The van der Waals surface area contributed by atoms with Gasteiger partial charge in [-0.05, 0) is 25.7 Å². The third-order valence-corrected chi connectivity index (χ3v) is 5.77. The van der Waals surface area contributed by atoms with Gasteiger partial charge >= 0.3 is 0 Å². The van der Waals surface area contributed by atoms with Gasteiger partial charge in [-0.25, -0.2) is 8.42 Å². The van der Waals surface area contributed by atoms with Gasteiger partial charge in [-0.2, -0.15) is 0 Å². The number of amides is 1. The fraction of sp³-hybridized carbons (Fsp3) is 0.923. The quantitative estimate of drug-likeness (QED) is 0.824. The first-order valence-electron chi connectivity index (χ1n) is 7.28. The Labute approximate surface area is 115 Å². The molecule has 6 heteroatoms. The van der Waals surface area contributed by atoms with Gasteiger partial charge < -0.3 is 10.2 Å². The number of sulfone groups is 1. The summed E-state index contributed by atoms with van der Waals surface area (Å²) in [4.78, 5) is 14.0. The highest BCUT2D eigenvalue weighted by Crippen LogP contribution is 2.13. The van der Waals surface area contributed by atoms with E-state index in [1.807, 2.05) is 4.90 Å². The Balaban J connectivity index is 1.71. The van der Waals surface area contributed by atoms with Crippen molar-refractivity contribution in [2.75, 3.05) is 31.1 Å². The van der Waals surface area contributed by atoms with Crippen LogP contribution in [0.25, 0.3) is 0 Å². The molecule has 2 fully saturated rings. The maximum absolute atomic E-state index is 12.1. The first kappa shape index (κ1) is 14.8. The molecule has 0 aromatic carbocycles. The van der Waals surface area contributed by atoms with Crippen molar-refractivity contribution >= 4 is 15.7 Å². The summed E-state index contributed by atoms with van der Waals surface area (Å²) in [5.74, 6) is 0.667. The molecule has 2 aliphatic heterocycles. The number of hydrogen-bond donors (Lipinski definition) is 1. The third-order valence-electron chi connectivity index (χ3n) is 4.06. The van der Waals surface area contributed by atoms with Crippen molar-refractivity contribution in [3.63, 3.8) is 0 Å². The van der Waals surface area contributed by atoms with Crippen molar-refractivity contribution in [2.45, 2.75) is 44.6 Å². The van der Waals surface area contributed by atoms with E-state index in [1.54, 1.807) is 0 Å². The first-order chi connectivity index (χ1) is 9.07. The summed E-state index contributed by atoms with van der Waals surface area (Å²) in [5.41, 5.74) is 0. The topological polar surface area (TPSA) is 66.5 Å². The maximum Gasteiger partial charge on any atom is 0.236 e. The first-order valence-corrected chi connectivity index (χ1v) is 9.10. The predicted molar refractivity (Wildman–Crippen MR) is 74.7 cm³/mol. The van der Waals surface area contributed by atoms with Crippen LogP contribution < -0.4 is 5.32 Å². The molecule has 0 spiro atoms. The van der Waals surface area contributed by atoms with E-state index in [0.717, 1.165) is 25.9 Å². The molecule has 0 radical (unpaired) electrons. The van der Waals surface area contributed by atoms with Crippen LogP contribution in [0.1, 0.15) is 38.5 Å². The lowest BCUT2D eigenvalue weighted by molar-refractivity contribution is -0.130. The zero-order chi connectivity index (χ0) is 13.7. The lowest BCUT2D eigenvalue weighted by Crippen LogP contribution is -2.44. The zero-order valence-corrected chi connectivity index (χ0v) is 12.3. The number of likely N-dealkylation sites (tertiary alicyclic amines) is 1. The second-order valence-electron chi connectivity index (χ2n) is 5.60. The van der Waals surface area contributed by atoms with Crippen LogP contribution in [0.2, 0.25) is 0 Å². The van der Waals surface area contributed by atoms with Crippen molar-refractivity contribution < 1.29 is 13.2 Å². The third kappa shape index (κ3) is 4.76. The molecule has 2 heterocycles. The summed E-state index contributed by atoms with van der Waals surface area (Å²) in [6.45, 7) is 2.10. The Bertz CT molecular complexity index is 386. The van der Waals surface area contributed by atoms with Crippen molar-refractivity contribution in [2.24, 2.45) is 0 Å². The second-order valence-corrected chi connectivity index (χ2v) is 7.91. The molecule has 0 saturated carbocycles. The summed E-state index contributed by atoms with van der Waals surface area (Å²) in [6, 6.07) is 0.180. The molecule has 2 aliphatic rings. The van der Waals surface area contributed by atoms with Crippen LogP contribution in [0.4, 0.5) is 0 Å². The molecule has 2 saturated heterocycles. The standard InChI is InChI=1S/C13H24N2O3S/c16-13(15-7-3-1-2-4-8-15)11-14-12-5-9-19(17,18)10-6-12/h12,14H,1-11H2. The van der Waals surface area contributed by atoms with Gasteiger partial charge in [0, 0.05) is 19.1 Å². The van der Waals surface area contributed by atoms with Crippen LogP contribution in [-0.4, -0.2) is 56.4 Å². The lowest BCUT2D eigenvalue weighted by atomic mass is 10.1. The number of nitrogens with one attached hydrogen (secondary N) is 1. The molecule has 1 N–H and O–H groups in total. The minimum absolute atomic E-state index is 0.162. The van der Waals surface area contributed by atoms with Gasteiger partial charge in [0.15, 0.2) is 0 Å². The average molecular weight is 288 g/mol. The van der Waals surface area contributed by atoms with Crippen LogP contribution in [-0.2, 0) is 14.6 Å². The van der Waals surface area contributed by atoms with Gasteiger partial charge in [-0.3, -0.25) is 4.79 Å². The van der Waals surface area contributed by atoms with Crippen molar-refractivity contribution in [1.29, 1.82) is 0 Å². The van der Waals surface area contributed by atoms with E-state index in [-0.39, 0.29) is 23.5 Å². The highest BCUT2D eigenvalue weighted by atomic mass is 32.2. The highest BCUT2D eigenvalue weighted by Gasteiger charge is 2.24. The summed E-state index contributed by atoms with van der Waals surface area (Å²) >= 11 is 0. The number of nitrogens with zero attached hydrogens (tertiary/aromatic N) is 1. The number of carbonyl (C=O) groups excluding carboxylic acids is 1. The fourth-order valence-corrected chi connectivity index (χ4v) is 4.25. The van der Waals surface area contributed by atoms with Gasteiger partial charge in [-0.1, -0.05) is 12.8 Å². The molecule has 0 aromatic heterocycles. The van der Waals surface area contributed by atoms with Crippen LogP contribution in [0.15, 0.2) is 0 Å². The molecule has 2 rings (SSSR count). The van der Waals surface area contributed by atoms with Crippen LogP contribution in [0.5, 0.6) is 0 Å². The van der Waals surface area contributed by atoms with E-state index in [2.05, 4.69) is 5.32 Å². The van der Waals surface area contributed by atoms with Crippen LogP contribution in [0, 0.1) is 0 Å². The normalized spacial score (nSPS) is 24.9. The Morgan fingerprint density at radius 2 is 1.63 bits per heavy atom. The smallest absolute Gasteiger partial charge is 0.236 e. The SMILES string of the molecule is O=C(CNC1CCS(=O)(=O)CC1)N1CCCCCC1. The lowest BCUT2D eigenvalue weighted by Gasteiger charge is -2.25. The highest BCUT2D eigenvalue weighted by molar-refractivity contribution is 7.91. The van der Waals surface area contributed by atoms with Crippen molar-refractivity contribution in [3.8, 4) is 0 Å². The van der Waals surface area contributed by atoms with Crippen molar-refractivity contribution in [1.82, 2.24) is 10.2 Å². The molecule has 0 bridgehead atoms. The van der Waals surface area contributed by atoms with Gasteiger partial charge in [0.2, 0.25) is 5.91 Å². The van der Waals surface area contributed by atoms with Crippen LogP contribution in [0.3, 0.4) is 0 Å². The largest absolute Gasteiger partial charge is 0.342 e. The minimum atomic E-state index is -2.81. The monoisotopic (exact) mass is 288 g/mol. The van der Waals surface area contributed by atoms with E-state index in [1.165, 1.54) is 12.8 Å². The van der Waals surface area contributed by atoms with Gasteiger partial charge in [0.25, 0.3) is 0 Å². The van der Waals surface area contributed by atoms with E-state index in [0.29, 0.717) is 19.4 Å². The van der Waals surface area contributed by atoms with E-state index < -0.39 is 9.84 Å². The molecule has 110 valence electrons. The molecule has 0 aromatic rings. The van der Waals surface area contributed by atoms with Gasteiger partial charge in [-0.15, -0.1) is 0 Å². The van der Waals surface area contributed by atoms with E-state index >= 15 is 0 Å². The number of hydrogen-bond acceptors (Lipinski definition) is 4. The molecular weight excluding hydrogens is 264 g/mol. The van der Waals surface area contributed by atoms with E-state index in [9.17, 15) is 13.2 Å². The summed E-state index contributed by atoms with van der Waals surface area (Å²) in [6.07, 6.45) is 5.92. The summed E-state index contributed by atoms with van der Waals surface area (Å²) < 4.78 is 22.6. The summed E-state index contributed by atoms with van der Waals surface area (Å²) in [5, 5.41) is 3.22. The Hall–Kier alpha value is -0.620. The maximum atomic E-state index is 12.1. The molecule has 19 heavy (non-hydrogen) atoms. The number of carbonyl (C=O) groups is 1. The predicted octanol–water partition coefficient (Wildman–Crippen LogP) is 0.556. The zero-order valence-electron chi connectivity index (χ0n) is 11.4. The Kier molecular flexibility index (Phi) is 5.21. The second kappa shape index (κ2) is 6.70. The fourth-order valence-electron chi connectivity index (χ4n) is 2.76. The van der Waals surface area contributed by atoms with Gasteiger partial charge in [0.1, 0.15) is 9.84 Å². The molecule has 5 nitrogen and oxygen atoms in total. The Morgan fingerprint density at radius 3 is 2.21 bits per heavy atom. The molecule has 0 unspecified atom stereocenters. The van der Waals surface area contributed by atoms with Gasteiger partial charge in [0.05, 0.1) is 18.1 Å². The number of rotatable bonds is 3. The molecule has 0 aliphatic carbocycles. The molecular formula is C13H24N2O3S. The Morgan fingerprint density at radius 1 is 1.05 bits per heavy atom. The van der Waals surface area contributed by atoms with E-state index in [4.69, 9.17) is 0 Å².